The molecule has 0 aliphatic rings. The normalized spacial score (nSPS) is 13.2. The van der Waals surface area contributed by atoms with E-state index in [2.05, 4.69) is 0 Å². The maximum atomic E-state index is 9.77. The summed E-state index contributed by atoms with van der Waals surface area (Å²) in [7, 11) is 0. The largest absolute Gasteiger partial charge is 0 e. The minimum Gasteiger partial charge on any atom is 0 e. The molecule has 0 amide bonds. The molecule has 0 bridgehead atoms. The molecular formula is C4H7KO6Zr. The zero-order valence-electron chi connectivity index (χ0n) is 5.26. The van der Waals surface area contributed by atoms with Gasteiger partial charge in [-0.05, 0) is 0 Å². The van der Waals surface area contributed by atoms with Crippen LogP contribution in [0.2, 0.25) is 0 Å². The van der Waals surface area contributed by atoms with Gasteiger partial charge in [0, 0.05) is 26.2 Å². The predicted molar refractivity (Wildman–Crippen MR) is 34.4 cm³/mol. The Hall–Kier alpha value is 1.38. The summed E-state index contributed by atoms with van der Waals surface area (Å²) in [5.74, 6) is -3.54. The Labute approximate surface area is 130 Å². The second-order valence-electron chi connectivity index (χ2n) is 1.57. The van der Waals surface area contributed by atoms with E-state index in [0.717, 1.165) is 0 Å². The van der Waals surface area contributed by atoms with Gasteiger partial charge in [0.1, 0.15) is 0 Å². The van der Waals surface area contributed by atoms with Crippen LogP contribution < -0.4 is 0 Å². The Morgan fingerprint density at radius 2 is 1.08 bits per heavy atom. The van der Waals surface area contributed by atoms with Crippen molar-refractivity contribution in [1.82, 2.24) is 0 Å². The molecule has 0 fully saturated rings. The van der Waals surface area contributed by atoms with Crippen LogP contribution in [-0.4, -0.2) is 96.0 Å². The quantitative estimate of drug-likeness (QED) is 0.416. The van der Waals surface area contributed by atoms with Crippen molar-refractivity contribution >= 4 is 63.3 Å². The first-order valence-corrected chi connectivity index (χ1v) is 2.28. The van der Waals surface area contributed by atoms with Crippen LogP contribution >= 0.6 is 0 Å². The van der Waals surface area contributed by atoms with Gasteiger partial charge in [0.15, 0.2) is 12.2 Å². The molecule has 4 N–H and O–H groups in total. The standard InChI is InChI=1S/C4H6O6.K.Zr.H/c5-1(3(7)8)2(6)4(9)10;;;/h1-2,5-6H,(H,7,8)(H,9,10);;;. The van der Waals surface area contributed by atoms with Crippen LogP contribution in [-0.2, 0) is 35.8 Å². The average molecular weight is 281 g/mol. The molecule has 64 valence electrons. The molecule has 0 aliphatic carbocycles. The van der Waals surface area contributed by atoms with Crippen LogP contribution in [0.5, 0.6) is 0 Å². The van der Waals surface area contributed by atoms with E-state index in [1.165, 1.54) is 0 Å². The summed E-state index contributed by atoms with van der Waals surface area (Å²) < 4.78 is 0. The van der Waals surface area contributed by atoms with Crippen molar-refractivity contribution in [2.24, 2.45) is 0 Å². The SMILES string of the molecule is O=C(O)C(O)C(O)C(=O)O.[KH].[Zr]. The van der Waals surface area contributed by atoms with Gasteiger partial charge < -0.3 is 20.4 Å². The van der Waals surface area contributed by atoms with Crippen molar-refractivity contribution in [3.05, 3.63) is 0 Å². The number of aliphatic carboxylic acids is 2. The molecule has 0 radical (unpaired) electrons. The summed E-state index contributed by atoms with van der Waals surface area (Å²) in [5.41, 5.74) is 0. The number of carbonyl (C=O) groups is 2. The first-order chi connectivity index (χ1) is 4.46. The number of aliphatic hydroxyl groups excluding tert-OH is 2. The number of carboxylic acid groups (broad SMARTS) is 2. The van der Waals surface area contributed by atoms with E-state index >= 15 is 0 Å². The molecule has 0 aromatic rings. The van der Waals surface area contributed by atoms with Crippen LogP contribution in [0.3, 0.4) is 0 Å². The monoisotopic (exact) mass is 280 g/mol. The van der Waals surface area contributed by atoms with E-state index in [1.807, 2.05) is 0 Å². The van der Waals surface area contributed by atoms with Crippen LogP contribution in [0, 0.1) is 0 Å². The zero-order valence-corrected chi connectivity index (χ0v) is 7.72. The van der Waals surface area contributed by atoms with E-state index < -0.39 is 24.1 Å². The Kier molecular flexibility index (Phi) is 14.2. The molecule has 0 aliphatic heterocycles. The minimum absolute atomic E-state index is 0. The summed E-state index contributed by atoms with van der Waals surface area (Å²) in [6, 6.07) is 0. The summed E-state index contributed by atoms with van der Waals surface area (Å²) in [4.78, 5) is 19.5. The predicted octanol–water partition coefficient (Wildman–Crippen LogP) is -2.77. The topological polar surface area (TPSA) is 115 Å². The molecule has 0 saturated heterocycles. The summed E-state index contributed by atoms with van der Waals surface area (Å²) >= 11 is 0. The minimum atomic E-state index is -2.27. The molecule has 0 heterocycles. The van der Waals surface area contributed by atoms with Crippen LogP contribution in [0.15, 0.2) is 0 Å². The zero-order chi connectivity index (χ0) is 8.31. The summed E-state index contributed by atoms with van der Waals surface area (Å²) in [5, 5.41) is 32.5. The van der Waals surface area contributed by atoms with Crippen LogP contribution in [0.1, 0.15) is 0 Å². The molecule has 0 rings (SSSR count). The molecule has 2 atom stereocenters. The van der Waals surface area contributed by atoms with E-state index in [9.17, 15) is 9.59 Å². The fraction of sp³-hybridized carbons (Fsp3) is 0.500. The summed E-state index contributed by atoms with van der Waals surface area (Å²) in [6.07, 6.45) is -4.53. The second-order valence-corrected chi connectivity index (χ2v) is 1.57. The van der Waals surface area contributed by atoms with Gasteiger partial charge in [-0.2, -0.15) is 0 Å². The molecule has 2 unspecified atom stereocenters. The maximum absolute atomic E-state index is 9.77. The van der Waals surface area contributed by atoms with Crippen LogP contribution in [0.4, 0.5) is 0 Å². The van der Waals surface area contributed by atoms with Crippen molar-refractivity contribution < 1.29 is 56.2 Å². The van der Waals surface area contributed by atoms with E-state index in [0.29, 0.717) is 0 Å². The Morgan fingerprint density at radius 1 is 0.917 bits per heavy atom. The first-order valence-electron chi connectivity index (χ1n) is 2.28. The average Bonchev–Trinajstić information content (AvgIpc) is 1.84. The van der Waals surface area contributed by atoms with Crippen molar-refractivity contribution in [3.8, 4) is 0 Å². The van der Waals surface area contributed by atoms with Gasteiger partial charge in [-0.25, -0.2) is 9.59 Å². The Balaban J connectivity index is -0.000000405. The second kappa shape index (κ2) is 8.96. The van der Waals surface area contributed by atoms with E-state index in [1.54, 1.807) is 0 Å². The van der Waals surface area contributed by atoms with Crippen molar-refractivity contribution in [1.29, 1.82) is 0 Å². The summed E-state index contributed by atoms with van der Waals surface area (Å²) in [6.45, 7) is 0. The van der Waals surface area contributed by atoms with Gasteiger partial charge in [0.25, 0.3) is 0 Å². The molecule has 8 heteroatoms. The number of hydrogen-bond donors (Lipinski definition) is 4. The van der Waals surface area contributed by atoms with Gasteiger partial charge in [0.2, 0.25) is 0 Å². The fourth-order valence-corrected chi connectivity index (χ4v) is 0.270. The van der Waals surface area contributed by atoms with E-state index in [4.69, 9.17) is 20.4 Å². The number of carboxylic acids is 2. The van der Waals surface area contributed by atoms with Gasteiger partial charge in [-0.3, -0.25) is 0 Å². The molecule has 0 saturated carbocycles. The number of aliphatic hydroxyl groups is 2. The Bertz CT molecular complexity index is 144. The van der Waals surface area contributed by atoms with Gasteiger partial charge in [-0.15, -0.1) is 0 Å². The first kappa shape index (κ1) is 19.0. The van der Waals surface area contributed by atoms with E-state index in [-0.39, 0.29) is 77.6 Å². The van der Waals surface area contributed by atoms with Crippen molar-refractivity contribution in [2.75, 3.05) is 0 Å². The van der Waals surface area contributed by atoms with Gasteiger partial charge >= 0.3 is 63.3 Å². The molecule has 12 heavy (non-hydrogen) atoms. The molecule has 0 aromatic heterocycles. The molecule has 6 nitrogen and oxygen atoms in total. The maximum Gasteiger partial charge on any atom is 0 e. The van der Waals surface area contributed by atoms with Crippen LogP contribution in [0.25, 0.3) is 0 Å². The van der Waals surface area contributed by atoms with Crippen molar-refractivity contribution in [3.63, 3.8) is 0 Å². The molecular weight excluding hydrogens is 274 g/mol. The Morgan fingerprint density at radius 3 is 1.17 bits per heavy atom. The smallest absolute Gasteiger partial charge is 0 e. The van der Waals surface area contributed by atoms with Gasteiger partial charge in [0.05, 0.1) is 0 Å². The third kappa shape index (κ3) is 6.85. The molecule has 0 spiro atoms. The number of rotatable bonds is 3. The van der Waals surface area contributed by atoms with Gasteiger partial charge in [-0.1, -0.05) is 0 Å². The number of hydrogen-bond acceptors (Lipinski definition) is 4. The third-order valence-electron chi connectivity index (χ3n) is 0.805. The third-order valence-corrected chi connectivity index (χ3v) is 0.805. The van der Waals surface area contributed by atoms with Crippen molar-refractivity contribution in [2.45, 2.75) is 12.2 Å². The molecule has 0 aromatic carbocycles. The fourth-order valence-electron chi connectivity index (χ4n) is 0.270.